The third-order valence-electron chi connectivity index (χ3n) is 5.30. The van der Waals surface area contributed by atoms with Gasteiger partial charge in [-0.25, -0.2) is 4.98 Å². The number of hydrogen-bond acceptors (Lipinski definition) is 4. The van der Waals surface area contributed by atoms with Gasteiger partial charge in [-0.1, -0.05) is 12.1 Å². The Morgan fingerprint density at radius 1 is 1.33 bits per heavy atom. The van der Waals surface area contributed by atoms with Crippen LogP contribution in [0.5, 0.6) is 0 Å². The molecule has 0 saturated carbocycles. The molecule has 2 aromatic rings. The van der Waals surface area contributed by atoms with Crippen LogP contribution < -0.4 is 5.32 Å². The molecule has 4 rings (SSSR count). The second kappa shape index (κ2) is 5.59. The van der Waals surface area contributed by atoms with Crippen LogP contribution >= 0.6 is 0 Å². The predicted molar refractivity (Wildman–Crippen MR) is 87.2 cm³/mol. The summed E-state index contributed by atoms with van der Waals surface area (Å²) in [6.45, 7) is 2.21. The second-order valence-electron chi connectivity index (χ2n) is 6.78. The minimum atomic E-state index is -0.876. The van der Waals surface area contributed by atoms with Crippen LogP contribution in [0.1, 0.15) is 25.1 Å². The number of carboxylic acids is 1. The van der Waals surface area contributed by atoms with Gasteiger partial charge in [0.05, 0.1) is 29.0 Å². The van der Waals surface area contributed by atoms with Gasteiger partial charge in [-0.2, -0.15) is 0 Å². The Bertz CT molecular complexity index is 759. The Morgan fingerprint density at radius 3 is 2.79 bits per heavy atom. The number of carbonyl (C=O) groups is 2. The first-order valence-corrected chi connectivity index (χ1v) is 8.25. The lowest BCUT2D eigenvalue weighted by atomic mass is 9.78. The van der Waals surface area contributed by atoms with Crippen LogP contribution in [0, 0.1) is 5.92 Å². The van der Waals surface area contributed by atoms with Crippen molar-refractivity contribution in [1.82, 2.24) is 20.2 Å². The highest BCUT2D eigenvalue weighted by Crippen LogP contribution is 2.37. The van der Waals surface area contributed by atoms with Gasteiger partial charge in [0.1, 0.15) is 5.82 Å². The van der Waals surface area contributed by atoms with Crippen molar-refractivity contribution in [1.29, 1.82) is 0 Å². The summed E-state index contributed by atoms with van der Waals surface area (Å²) in [6.07, 6.45) is 1.42. The van der Waals surface area contributed by atoms with E-state index in [4.69, 9.17) is 0 Å². The Balaban J connectivity index is 1.44. The molecule has 24 heavy (non-hydrogen) atoms. The number of likely N-dealkylation sites (tertiary alicyclic amines) is 1. The summed E-state index contributed by atoms with van der Waals surface area (Å²) in [5.74, 6) is -0.719. The fourth-order valence-electron chi connectivity index (χ4n) is 4.00. The van der Waals surface area contributed by atoms with Crippen LogP contribution in [-0.4, -0.2) is 50.5 Å². The van der Waals surface area contributed by atoms with Crippen LogP contribution in [0.25, 0.3) is 11.0 Å². The van der Waals surface area contributed by atoms with Crippen molar-refractivity contribution >= 4 is 22.9 Å². The third-order valence-corrected chi connectivity index (χ3v) is 5.30. The first-order valence-electron chi connectivity index (χ1n) is 8.25. The van der Waals surface area contributed by atoms with Crippen molar-refractivity contribution < 1.29 is 14.7 Å². The number of hydrogen-bond donors (Lipinski definition) is 3. The normalized spacial score (nSPS) is 23.7. The molecule has 2 aliphatic heterocycles. The Kier molecular flexibility index (Phi) is 3.53. The summed E-state index contributed by atoms with van der Waals surface area (Å²) in [5, 5.41) is 12.3. The molecule has 0 radical (unpaired) electrons. The van der Waals surface area contributed by atoms with Gasteiger partial charge >= 0.3 is 5.97 Å². The van der Waals surface area contributed by atoms with Gasteiger partial charge in [0.2, 0.25) is 5.91 Å². The third kappa shape index (κ3) is 2.54. The standard InChI is InChI=1S/C17H20N4O3/c22-15-9-11(16(23)24)17(20-15)5-7-21(8-6-17)10-14-18-12-3-1-2-4-13(12)19-14/h1-4,11H,5-10H2,(H,18,19)(H,20,22)(H,23,24)/t11-/m0/s1. The largest absolute Gasteiger partial charge is 0.481 e. The van der Waals surface area contributed by atoms with Crippen LogP contribution in [0.4, 0.5) is 0 Å². The maximum Gasteiger partial charge on any atom is 0.309 e. The number of nitrogens with zero attached hydrogens (tertiary/aromatic N) is 2. The minimum absolute atomic E-state index is 0.0961. The molecule has 1 amide bonds. The van der Waals surface area contributed by atoms with Gasteiger partial charge in [0.25, 0.3) is 0 Å². The number of rotatable bonds is 3. The number of aromatic amines is 1. The molecule has 7 heteroatoms. The molecule has 1 aromatic carbocycles. The number of piperidine rings is 1. The highest BCUT2D eigenvalue weighted by Gasteiger charge is 2.51. The molecule has 2 saturated heterocycles. The number of para-hydroxylation sites is 2. The monoisotopic (exact) mass is 328 g/mol. The number of amides is 1. The van der Waals surface area contributed by atoms with E-state index in [1.807, 2.05) is 24.3 Å². The molecule has 3 heterocycles. The van der Waals surface area contributed by atoms with Crippen molar-refractivity contribution in [3.8, 4) is 0 Å². The van der Waals surface area contributed by atoms with Crippen molar-refractivity contribution in [2.24, 2.45) is 5.92 Å². The van der Waals surface area contributed by atoms with E-state index in [0.29, 0.717) is 19.4 Å². The lowest BCUT2D eigenvalue weighted by Crippen LogP contribution is -2.55. The molecular weight excluding hydrogens is 308 g/mol. The topological polar surface area (TPSA) is 98.3 Å². The number of H-pyrrole nitrogens is 1. The molecule has 0 bridgehead atoms. The quantitative estimate of drug-likeness (QED) is 0.784. The summed E-state index contributed by atoms with van der Waals surface area (Å²) >= 11 is 0. The molecule has 2 aliphatic rings. The highest BCUT2D eigenvalue weighted by molar-refractivity contribution is 5.88. The zero-order valence-electron chi connectivity index (χ0n) is 13.3. The van der Waals surface area contributed by atoms with Crippen molar-refractivity contribution in [2.45, 2.75) is 31.3 Å². The van der Waals surface area contributed by atoms with Crippen LogP contribution in [0.3, 0.4) is 0 Å². The van der Waals surface area contributed by atoms with Gasteiger partial charge in [-0.3, -0.25) is 14.5 Å². The van der Waals surface area contributed by atoms with E-state index in [-0.39, 0.29) is 12.3 Å². The first-order chi connectivity index (χ1) is 11.6. The van der Waals surface area contributed by atoms with Crippen molar-refractivity contribution in [3.63, 3.8) is 0 Å². The summed E-state index contributed by atoms with van der Waals surface area (Å²) in [7, 11) is 0. The first kappa shape index (κ1) is 15.1. The predicted octanol–water partition coefficient (Wildman–Crippen LogP) is 1.12. The maximum absolute atomic E-state index is 11.7. The number of carbonyl (C=O) groups excluding carboxylic acids is 1. The lowest BCUT2D eigenvalue weighted by Gasteiger charge is -2.41. The summed E-state index contributed by atoms with van der Waals surface area (Å²) in [6, 6.07) is 7.92. The Labute approximate surface area is 139 Å². The lowest BCUT2D eigenvalue weighted by molar-refractivity contribution is -0.144. The average molecular weight is 328 g/mol. The number of nitrogens with one attached hydrogen (secondary N) is 2. The summed E-state index contributed by atoms with van der Waals surface area (Å²) in [4.78, 5) is 33.3. The summed E-state index contributed by atoms with van der Waals surface area (Å²) < 4.78 is 0. The van der Waals surface area contributed by atoms with E-state index in [2.05, 4.69) is 20.2 Å². The van der Waals surface area contributed by atoms with Crippen LogP contribution in [0.15, 0.2) is 24.3 Å². The molecule has 2 fully saturated rings. The fraction of sp³-hybridized carbons (Fsp3) is 0.471. The smallest absolute Gasteiger partial charge is 0.309 e. The van der Waals surface area contributed by atoms with E-state index in [1.165, 1.54) is 0 Å². The van der Waals surface area contributed by atoms with Gasteiger partial charge in [0.15, 0.2) is 0 Å². The van der Waals surface area contributed by atoms with Crippen LogP contribution in [0.2, 0.25) is 0 Å². The van der Waals surface area contributed by atoms with E-state index in [1.54, 1.807) is 0 Å². The molecule has 1 spiro atoms. The number of imidazole rings is 1. The second-order valence-corrected chi connectivity index (χ2v) is 6.78. The molecule has 126 valence electrons. The van der Waals surface area contributed by atoms with E-state index >= 15 is 0 Å². The highest BCUT2D eigenvalue weighted by atomic mass is 16.4. The zero-order valence-corrected chi connectivity index (χ0v) is 13.3. The van der Waals surface area contributed by atoms with E-state index < -0.39 is 17.4 Å². The Morgan fingerprint density at radius 2 is 2.08 bits per heavy atom. The van der Waals surface area contributed by atoms with E-state index in [0.717, 1.165) is 29.9 Å². The SMILES string of the molecule is O=C1C[C@@H](C(=O)O)C2(CCN(Cc3nc4ccccc4[nH]3)CC2)N1. The zero-order chi connectivity index (χ0) is 16.7. The number of carboxylic acid groups (broad SMARTS) is 1. The molecule has 1 aromatic heterocycles. The maximum atomic E-state index is 11.7. The number of fused-ring (bicyclic) bond motifs is 1. The summed E-state index contributed by atoms with van der Waals surface area (Å²) in [5.41, 5.74) is 1.40. The number of aromatic nitrogens is 2. The van der Waals surface area contributed by atoms with Crippen molar-refractivity contribution in [2.75, 3.05) is 13.1 Å². The van der Waals surface area contributed by atoms with Gasteiger partial charge in [-0.05, 0) is 25.0 Å². The van der Waals surface area contributed by atoms with Gasteiger partial charge < -0.3 is 15.4 Å². The average Bonchev–Trinajstić information content (AvgIpc) is 3.10. The van der Waals surface area contributed by atoms with Crippen molar-refractivity contribution in [3.05, 3.63) is 30.1 Å². The fourth-order valence-corrected chi connectivity index (χ4v) is 4.00. The Hall–Kier alpha value is -2.41. The number of benzene rings is 1. The van der Waals surface area contributed by atoms with Crippen LogP contribution in [-0.2, 0) is 16.1 Å². The molecular formula is C17H20N4O3. The minimum Gasteiger partial charge on any atom is -0.481 e. The molecule has 7 nitrogen and oxygen atoms in total. The van der Waals surface area contributed by atoms with E-state index in [9.17, 15) is 14.7 Å². The molecule has 3 N–H and O–H groups in total. The molecule has 0 unspecified atom stereocenters. The number of aliphatic carboxylic acids is 1. The molecule has 0 aliphatic carbocycles. The molecule has 1 atom stereocenters. The van der Waals surface area contributed by atoms with Gasteiger partial charge in [0, 0.05) is 19.5 Å². The van der Waals surface area contributed by atoms with Gasteiger partial charge in [-0.15, -0.1) is 0 Å².